The van der Waals surface area contributed by atoms with Gasteiger partial charge < -0.3 is 30.3 Å². The smallest absolute Gasteiger partial charge is 0.261 e. The van der Waals surface area contributed by atoms with Gasteiger partial charge in [0.15, 0.2) is 0 Å². The van der Waals surface area contributed by atoms with Crippen LogP contribution >= 0.6 is 0 Å². The quantitative estimate of drug-likeness (QED) is 0.406. The van der Waals surface area contributed by atoms with Crippen molar-refractivity contribution in [1.29, 1.82) is 0 Å². The maximum absolute atomic E-state index is 12.2. The first-order chi connectivity index (χ1) is 9.41. The summed E-state index contributed by atoms with van der Waals surface area (Å²) in [5.41, 5.74) is 0.0837. The fourth-order valence-electron chi connectivity index (χ4n) is 2.15. The van der Waals surface area contributed by atoms with Crippen LogP contribution in [0.5, 0.6) is 0 Å². The largest absolute Gasteiger partial charge is 0.394 e. The van der Waals surface area contributed by atoms with Gasteiger partial charge in [0.2, 0.25) is 5.78 Å². The van der Waals surface area contributed by atoms with Crippen molar-refractivity contribution in [3.8, 4) is 0 Å². The lowest BCUT2D eigenvalue weighted by Crippen LogP contribution is -2.49. The van der Waals surface area contributed by atoms with E-state index in [2.05, 4.69) is 0 Å². The average Bonchev–Trinajstić information content (AvgIpc) is 2.72. The molecular weight excluding hydrogens is 268 g/mol. The van der Waals surface area contributed by atoms with Gasteiger partial charge in [0.05, 0.1) is 6.61 Å². The monoisotopic (exact) mass is 284 g/mol. The van der Waals surface area contributed by atoms with Crippen LogP contribution in [0.3, 0.4) is 0 Å². The second-order valence-electron chi connectivity index (χ2n) is 4.66. The van der Waals surface area contributed by atoms with E-state index in [0.29, 0.717) is 0 Å². The molecule has 1 fully saturated rings. The topological polar surface area (TPSA) is 127 Å². The van der Waals surface area contributed by atoms with E-state index in [1.54, 1.807) is 18.2 Å². The molecule has 1 aliphatic rings. The Hall–Kier alpha value is -1.35. The van der Waals surface area contributed by atoms with Crippen molar-refractivity contribution in [1.82, 2.24) is 0 Å². The zero-order valence-electron chi connectivity index (χ0n) is 10.5. The molecule has 1 saturated heterocycles. The summed E-state index contributed by atoms with van der Waals surface area (Å²) in [6.07, 6.45) is -6.62. The molecule has 1 aliphatic heterocycles. The lowest BCUT2D eigenvalue weighted by atomic mass is 9.96. The van der Waals surface area contributed by atoms with E-state index in [1.807, 2.05) is 0 Å². The second-order valence-corrected chi connectivity index (χ2v) is 4.66. The third kappa shape index (κ3) is 2.35. The van der Waals surface area contributed by atoms with E-state index in [-0.39, 0.29) is 5.56 Å². The number of hydrogen-bond acceptors (Lipinski definition) is 7. The molecule has 5 N–H and O–H groups in total. The Kier molecular flexibility index (Phi) is 4.19. The number of benzene rings is 1. The number of hydrogen-bond donors (Lipinski definition) is 5. The Bertz CT molecular complexity index is 477. The summed E-state index contributed by atoms with van der Waals surface area (Å²) in [7, 11) is 0. The summed E-state index contributed by atoms with van der Waals surface area (Å²) < 4.78 is 4.94. The third-order valence-electron chi connectivity index (χ3n) is 3.30. The minimum Gasteiger partial charge on any atom is -0.394 e. The Balaban J connectivity index is 2.29. The van der Waals surface area contributed by atoms with E-state index in [0.717, 1.165) is 0 Å². The van der Waals surface area contributed by atoms with Gasteiger partial charge in [0.1, 0.15) is 24.4 Å². The molecule has 0 radical (unpaired) electrons. The number of aliphatic hydroxyl groups is 5. The van der Waals surface area contributed by atoms with Crippen LogP contribution in [-0.4, -0.2) is 68.1 Å². The SMILES string of the molecule is O=C(c1ccccc1)C1(O)O[C@@H]([C@@H](O)CO)[C@@H](O)[C@@H]1O. The molecule has 1 aromatic rings. The highest BCUT2D eigenvalue weighted by Crippen LogP contribution is 2.33. The average molecular weight is 284 g/mol. The molecular formula is C13H16O7. The molecule has 0 saturated carbocycles. The van der Waals surface area contributed by atoms with Crippen LogP contribution in [0.4, 0.5) is 0 Å². The predicted molar refractivity (Wildman–Crippen MR) is 65.7 cm³/mol. The van der Waals surface area contributed by atoms with Crippen LogP contribution in [0.1, 0.15) is 10.4 Å². The molecule has 0 amide bonds. The summed E-state index contributed by atoms with van der Waals surface area (Å²) >= 11 is 0. The fourth-order valence-corrected chi connectivity index (χ4v) is 2.15. The lowest BCUT2D eigenvalue weighted by molar-refractivity contribution is -0.203. The number of ether oxygens (including phenoxy) is 1. The molecule has 0 aliphatic carbocycles. The van der Waals surface area contributed by atoms with Crippen molar-refractivity contribution < 1.29 is 35.1 Å². The maximum atomic E-state index is 12.2. The highest BCUT2D eigenvalue weighted by molar-refractivity contribution is 6.02. The van der Waals surface area contributed by atoms with Crippen molar-refractivity contribution in [2.45, 2.75) is 30.2 Å². The first-order valence-corrected chi connectivity index (χ1v) is 6.07. The van der Waals surface area contributed by atoms with Gasteiger partial charge in [-0.3, -0.25) is 4.79 Å². The summed E-state index contributed by atoms with van der Waals surface area (Å²) in [4.78, 5) is 12.2. The normalized spacial score (nSPS) is 35.0. The second kappa shape index (κ2) is 5.57. The van der Waals surface area contributed by atoms with Crippen LogP contribution in [0.15, 0.2) is 30.3 Å². The molecule has 1 aromatic carbocycles. The molecule has 0 aromatic heterocycles. The van der Waals surface area contributed by atoms with Gasteiger partial charge in [-0.2, -0.15) is 0 Å². The molecule has 0 bridgehead atoms. The van der Waals surface area contributed by atoms with Crippen molar-refractivity contribution in [2.75, 3.05) is 6.61 Å². The van der Waals surface area contributed by atoms with Crippen molar-refractivity contribution >= 4 is 5.78 Å². The highest BCUT2D eigenvalue weighted by atomic mass is 16.7. The van der Waals surface area contributed by atoms with Crippen LogP contribution in [-0.2, 0) is 4.74 Å². The van der Waals surface area contributed by atoms with E-state index >= 15 is 0 Å². The minimum absolute atomic E-state index is 0.0837. The van der Waals surface area contributed by atoms with Gasteiger partial charge in [-0.25, -0.2) is 0 Å². The molecule has 7 nitrogen and oxygen atoms in total. The molecule has 0 spiro atoms. The highest BCUT2D eigenvalue weighted by Gasteiger charge is 2.59. The van der Waals surface area contributed by atoms with E-state index in [4.69, 9.17) is 9.84 Å². The molecule has 1 unspecified atom stereocenters. The molecule has 5 atom stereocenters. The number of rotatable bonds is 4. The minimum atomic E-state index is -2.67. The van der Waals surface area contributed by atoms with Crippen LogP contribution in [0, 0.1) is 0 Å². The van der Waals surface area contributed by atoms with E-state index < -0.39 is 42.6 Å². The standard InChI is InChI=1S/C13H16O7/c14-6-8(15)10-9(16)12(18)13(19,20-10)11(17)7-4-2-1-3-5-7/h1-5,8-10,12,14-16,18-19H,6H2/t8-,9+,10-,12-,13?/m0/s1. The van der Waals surface area contributed by atoms with Crippen LogP contribution < -0.4 is 0 Å². The number of aliphatic hydroxyl groups excluding tert-OH is 4. The van der Waals surface area contributed by atoms with Gasteiger partial charge in [-0.05, 0) is 0 Å². The first kappa shape index (κ1) is 15.0. The van der Waals surface area contributed by atoms with Crippen molar-refractivity contribution in [2.24, 2.45) is 0 Å². The summed E-state index contributed by atoms with van der Waals surface area (Å²) in [6, 6.07) is 7.62. The molecule has 7 heteroatoms. The number of carbonyl (C=O) groups is 1. The lowest BCUT2D eigenvalue weighted by Gasteiger charge is -2.24. The summed E-state index contributed by atoms with van der Waals surface area (Å²) in [6.45, 7) is -0.746. The number of Topliss-reactive ketones (excluding diaryl/α,β-unsaturated/α-hetero) is 1. The molecule has 1 heterocycles. The van der Waals surface area contributed by atoms with E-state index in [9.17, 15) is 25.2 Å². The Morgan fingerprint density at radius 1 is 1.30 bits per heavy atom. The zero-order chi connectivity index (χ0) is 14.9. The fraction of sp³-hybridized carbons (Fsp3) is 0.462. The molecule has 2 rings (SSSR count). The Morgan fingerprint density at radius 2 is 1.90 bits per heavy atom. The van der Waals surface area contributed by atoms with Gasteiger partial charge >= 0.3 is 0 Å². The van der Waals surface area contributed by atoms with Crippen LogP contribution in [0.2, 0.25) is 0 Å². The Morgan fingerprint density at radius 3 is 2.45 bits per heavy atom. The van der Waals surface area contributed by atoms with Gasteiger partial charge in [-0.15, -0.1) is 0 Å². The predicted octanol–water partition coefficient (Wildman–Crippen LogP) is -1.97. The van der Waals surface area contributed by atoms with Crippen molar-refractivity contribution in [3.05, 3.63) is 35.9 Å². The van der Waals surface area contributed by atoms with E-state index in [1.165, 1.54) is 12.1 Å². The summed E-state index contributed by atoms with van der Waals surface area (Å²) in [5.74, 6) is -3.60. The number of carbonyl (C=O) groups excluding carboxylic acids is 1. The zero-order valence-corrected chi connectivity index (χ0v) is 10.5. The summed E-state index contributed by atoms with van der Waals surface area (Å²) in [5, 5.41) is 48.0. The van der Waals surface area contributed by atoms with Crippen molar-refractivity contribution in [3.63, 3.8) is 0 Å². The Labute approximate surface area is 114 Å². The van der Waals surface area contributed by atoms with Gasteiger partial charge in [0.25, 0.3) is 5.79 Å². The molecule has 20 heavy (non-hydrogen) atoms. The first-order valence-electron chi connectivity index (χ1n) is 6.07. The van der Waals surface area contributed by atoms with Gasteiger partial charge in [-0.1, -0.05) is 30.3 Å². The van der Waals surface area contributed by atoms with Crippen LogP contribution in [0.25, 0.3) is 0 Å². The maximum Gasteiger partial charge on any atom is 0.261 e. The van der Waals surface area contributed by atoms with Gasteiger partial charge in [0, 0.05) is 5.56 Å². The molecule has 110 valence electrons. The third-order valence-corrected chi connectivity index (χ3v) is 3.30. The number of ketones is 1.